The highest BCUT2D eigenvalue weighted by Crippen LogP contribution is 2.27. The summed E-state index contributed by atoms with van der Waals surface area (Å²) in [5.41, 5.74) is 0.531. The third-order valence-electron chi connectivity index (χ3n) is 3.93. The molecule has 1 aromatic carbocycles. The summed E-state index contributed by atoms with van der Waals surface area (Å²) in [6, 6.07) is 6.31. The molecule has 0 aromatic heterocycles. The van der Waals surface area contributed by atoms with E-state index in [0.717, 1.165) is 12.8 Å². The second-order valence-electron chi connectivity index (χ2n) is 5.44. The first-order valence-electron chi connectivity index (χ1n) is 6.63. The molecule has 0 aliphatic carbocycles. The minimum absolute atomic E-state index is 0. The number of hydrogen-bond donors (Lipinski definition) is 2. The molecule has 3 rings (SSSR count). The normalized spacial score (nSPS) is 27.8. The first-order valence-corrected chi connectivity index (χ1v) is 7.39. The molecule has 20 heavy (non-hydrogen) atoms. The molecule has 0 radical (unpaired) electrons. The van der Waals surface area contributed by atoms with Gasteiger partial charge in [-0.3, -0.25) is 4.79 Å². The Balaban J connectivity index is 0.00000147. The summed E-state index contributed by atoms with van der Waals surface area (Å²) in [6.45, 7) is 0. The van der Waals surface area contributed by atoms with Crippen LogP contribution in [0.25, 0.3) is 0 Å². The maximum Gasteiger partial charge on any atom is 0.251 e. The van der Waals surface area contributed by atoms with Gasteiger partial charge >= 0.3 is 0 Å². The molecule has 0 saturated carbocycles. The standard InChI is InChI=1S/C14H16Cl2N2O.ClH/c15-9-3-8(4-10(16)5-9)14(19)18-13-6-11-1-2-12(7-13)17-11;/h3-5,11-13,17H,1-2,6-7H2,(H,18,19);1H. The van der Waals surface area contributed by atoms with Crippen molar-refractivity contribution in [2.45, 2.75) is 43.8 Å². The van der Waals surface area contributed by atoms with Crippen LogP contribution >= 0.6 is 35.6 Å². The summed E-state index contributed by atoms with van der Waals surface area (Å²) in [4.78, 5) is 12.2. The van der Waals surface area contributed by atoms with Gasteiger partial charge in [-0.15, -0.1) is 12.4 Å². The van der Waals surface area contributed by atoms with Crippen molar-refractivity contribution in [2.75, 3.05) is 0 Å². The van der Waals surface area contributed by atoms with Crippen molar-refractivity contribution in [2.24, 2.45) is 0 Å². The van der Waals surface area contributed by atoms with Gasteiger partial charge in [0.2, 0.25) is 0 Å². The molecule has 2 aliphatic rings. The van der Waals surface area contributed by atoms with E-state index in [0.29, 0.717) is 27.7 Å². The second-order valence-corrected chi connectivity index (χ2v) is 6.31. The molecule has 2 unspecified atom stereocenters. The van der Waals surface area contributed by atoms with Crippen molar-refractivity contribution in [3.8, 4) is 0 Å². The van der Waals surface area contributed by atoms with Gasteiger partial charge in [0, 0.05) is 33.7 Å². The van der Waals surface area contributed by atoms with Crippen molar-refractivity contribution in [1.29, 1.82) is 0 Å². The van der Waals surface area contributed by atoms with Crippen LogP contribution in [0, 0.1) is 0 Å². The Bertz CT molecular complexity index is 477. The van der Waals surface area contributed by atoms with Crippen LogP contribution in [-0.4, -0.2) is 24.0 Å². The molecular formula is C14H17Cl3N2O. The maximum absolute atomic E-state index is 12.2. The monoisotopic (exact) mass is 334 g/mol. The first kappa shape index (κ1) is 15.9. The summed E-state index contributed by atoms with van der Waals surface area (Å²) < 4.78 is 0. The lowest BCUT2D eigenvalue weighted by atomic mass is 9.99. The van der Waals surface area contributed by atoms with E-state index in [-0.39, 0.29) is 24.4 Å². The highest BCUT2D eigenvalue weighted by molar-refractivity contribution is 6.35. The Labute approximate surface area is 134 Å². The second kappa shape index (κ2) is 6.52. The number of piperidine rings is 1. The van der Waals surface area contributed by atoms with Crippen molar-refractivity contribution in [3.05, 3.63) is 33.8 Å². The van der Waals surface area contributed by atoms with Crippen molar-refractivity contribution >= 4 is 41.5 Å². The van der Waals surface area contributed by atoms with Gasteiger partial charge in [-0.2, -0.15) is 0 Å². The first-order chi connectivity index (χ1) is 9.10. The fourth-order valence-corrected chi connectivity index (χ4v) is 3.65. The molecule has 6 heteroatoms. The summed E-state index contributed by atoms with van der Waals surface area (Å²) in [5, 5.41) is 7.63. The highest BCUT2D eigenvalue weighted by atomic mass is 35.5. The van der Waals surface area contributed by atoms with Gasteiger partial charge in [0.25, 0.3) is 5.91 Å². The van der Waals surface area contributed by atoms with Crippen molar-refractivity contribution in [3.63, 3.8) is 0 Å². The van der Waals surface area contributed by atoms with Crippen LogP contribution in [0.15, 0.2) is 18.2 Å². The summed E-state index contributed by atoms with van der Waals surface area (Å²) in [7, 11) is 0. The summed E-state index contributed by atoms with van der Waals surface area (Å²) >= 11 is 11.8. The third kappa shape index (κ3) is 3.59. The molecule has 2 fully saturated rings. The van der Waals surface area contributed by atoms with E-state index >= 15 is 0 Å². The molecule has 2 saturated heterocycles. The van der Waals surface area contributed by atoms with Crippen molar-refractivity contribution < 1.29 is 4.79 Å². The minimum Gasteiger partial charge on any atom is -0.349 e. The topological polar surface area (TPSA) is 41.1 Å². The molecule has 0 spiro atoms. The lowest BCUT2D eigenvalue weighted by Crippen LogP contribution is -2.48. The van der Waals surface area contributed by atoms with E-state index in [1.165, 1.54) is 12.8 Å². The summed E-state index contributed by atoms with van der Waals surface area (Å²) in [5.74, 6) is -0.0873. The van der Waals surface area contributed by atoms with Crippen LogP contribution in [0.5, 0.6) is 0 Å². The lowest BCUT2D eigenvalue weighted by Gasteiger charge is -2.29. The number of carbonyl (C=O) groups is 1. The third-order valence-corrected chi connectivity index (χ3v) is 4.37. The lowest BCUT2D eigenvalue weighted by molar-refractivity contribution is 0.0924. The summed E-state index contributed by atoms with van der Waals surface area (Å²) in [6.07, 6.45) is 4.47. The van der Waals surface area contributed by atoms with Gasteiger partial charge in [0.05, 0.1) is 0 Å². The van der Waals surface area contributed by atoms with Crippen LogP contribution in [0.3, 0.4) is 0 Å². The van der Waals surface area contributed by atoms with E-state index in [1.807, 2.05) is 0 Å². The van der Waals surface area contributed by atoms with Crippen molar-refractivity contribution in [1.82, 2.24) is 10.6 Å². The van der Waals surface area contributed by atoms with E-state index in [9.17, 15) is 4.79 Å². The number of nitrogens with one attached hydrogen (secondary N) is 2. The number of fused-ring (bicyclic) bond motifs is 2. The number of benzene rings is 1. The number of hydrogen-bond acceptors (Lipinski definition) is 2. The molecule has 2 atom stereocenters. The van der Waals surface area contributed by atoms with E-state index in [4.69, 9.17) is 23.2 Å². The Morgan fingerprint density at radius 1 is 1.10 bits per heavy atom. The molecular weight excluding hydrogens is 319 g/mol. The molecule has 1 amide bonds. The predicted octanol–water partition coefficient (Wildman–Crippen LogP) is 3.43. The van der Waals surface area contributed by atoms with E-state index in [2.05, 4.69) is 10.6 Å². The van der Waals surface area contributed by atoms with E-state index in [1.54, 1.807) is 18.2 Å². The van der Waals surface area contributed by atoms with Gasteiger partial charge in [-0.1, -0.05) is 23.2 Å². The zero-order valence-corrected chi connectivity index (χ0v) is 13.2. The molecule has 110 valence electrons. The van der Waals surface area contributed by atoms with Gasteiger partial charge in [0.15, 0.2) is 0 Å². The quantitative estimate of drug-likeness (QED) is 0.869. The zero-order valence-electron chi connectivity index (χ0n) is 10.9. The minimum atomic E-state index is -0.0873. The van der Waals surface area contributed by atoms with Crippen LogP contribution in [0.1, 0.15) is 36.0 Å². The Hall–Kier alpha value is -0.480. The Morgan fingerprint density at radius 3 is 2.20 bits per heavy atom. The maximum atomic E-state index is 12.2. The fraction of sp³-hybridized carbons (Fsp3) is 0.500. The number of carbonyl (C=O) groups excluding carboxylic acids is 1. The van der Waals surface area contributed by atoms with Crippen LogP contribution < -0.4 is 10.6 Å². The fourth-order valence-electron chi connectivity index (χ4n) is 3.13. The van der Waals surface area contributed by atoms with Gasteiger partial charge in [0.1, 0.15) is 0 Å². The largest absolute Gasteiger partial charge is 0.349 e. The molecule has 2 N–H and O–H groups in total. The van der Waals surface area contributed by atoms with Crippen LogP contribution in [-0.2, 0) is 0 Å². The van der Waals surface area contributed by atoms with E-state index < -0.39 is 0 Å². The van der Waals surface area contributed by atoms with Crippen LogP contribution in [0.4, 0.5) is 0 Å². The van der Waals surface area contributed by atoms with Crippen LogP contribution in [0.2, 0.25) is 10.0 Å². The molecule has 3 nitrogen and oxygen atoms in total. The SMILES string of the molecule is Cl.O=C(NC1CC2CCC(C1)N2)c1cc(Cl)cc(Cl)c1. The Morgan fingerprint density at radius 2 is 1.65 bits per heavy atom. The number of rotatable bonds is 2. The smallest absolute Gasteiger partial charge is 0.251 e. The number of amides is 1. The predicted molar refractivity (Wildman–Crippen MR) is 84.1 cm³/mol. The average molecular weight is 336 g/mol. The highest BCUT2D eigenvalue weighted by Gasteiger charge is 2.34. The molecule has 2 aliphatic heterocycles. The zero-order chi connectivity index (χ0) is 13.4. The van der Waals surface area contributed by atoms with Gasteiger partial charge in [-0.05, 0) is 43.9 Å². The van der Waals surface area contributed by atoms with Gasteiger partial charge in [-0.25, -0.2) is 0 Å². The molecule has 2 heterocycles. The Kier molecular flexibility index (Phi) is 5.19. The van der Waals surface area contributed by atoms with Gasteiger partial charge < -0.3 is 10.6 Å². The number of halogens is 3. The average Bonchev–Trinajstić information content (AvgIpc) is 2.67. The molecule has 2 bridgehead atoms. The molecule has 1 aromatic rings.